The van der Waals surface area contributed by atoms with E-state index in [4.69, 9.17) is 17.3 Å². The summed E-state index contributed by atoms with van der Waals surface area (Å²) < 4.78 is 1.56. The second kappa shape index (κ2) is 2.31. The van der Waals surface area contributed by atoms with Gasteiger partial charge in [-0.1, -0.05) is 11.6 Å². The summed E-state index contributed by atoms with van der Waals surface area (Å²) in [6.07, 6.45) is 1.53. The maximum atomic E-state index is 5.76. The van der Waals surface area contributed by atoms with E-state index in [9.17, 15) is 0 Å². The molecule has 62 valence electrons. The van der Waals surface area contributed by atoms with E-state index in [1.165, 1.54) is 6.20 Å². The molecule has 2 rings (SSSR count). The average molecular weight is 184 g/mol. The van der Waals surface area contributed by atoms with Gasteiger partial charge < -0.3 is 5.73 Å². The number of anilines is 1. The molecule has 0 aromatic carbocycles. The smallest absolute Gasteiger partial charge is 0.179 e. The molecule has 5 nitrogen and oxygen atoms in total. The summed E-state index contributed by atoms with van der Waals surface area (Å²) in [7, 11) is 0. The van der Waals surface area contributed by atoms with Crippen LogP contribution in [0.25, 0.3) is 5.52 Å². The first kappa shape index (κ1) is 7.30. The third kappa shape index (κ3) is 0.831. The highest BCUT2D eigenvalue weighted by molar-refractivity contribution is 6.33. The quantitative estimate of drug-likeness (QED) is 0.652. The van der Waals surface area contributed by atoms with Crippen molar-refractivity contribution < 1.29 is 0 Å². The minimum Gasteiger partial charge on any atom is -0.396 e. The third-order valence-electron chi connectivity index (χ3n) is 1.58. The van der Waals surface area contributed by atoms with Gasteiger partial charge in [0.15, 0.2) is 5.15 Å². The van der Waals surface area contributed by atoms with Crippen LogP contribution < -0.4 is 5.73 Å². The van der Waals surface area contributed by atoms with Crippen LogP contribution in [0.15, 0.2) is 6.20 Å². The fraction of sp³-hybridized carbons (Fsp3) is 0.167. The lowest BCUT2D eigenvalue weighted by Gasteiger charge is -1.97. The number of hydrogen-bond donors (Lipinski definition) is 1. The molecule has 0 radical (unpaired) electrons. The minimum atomic E-state index is 0.274. The van der Waals surface area contributed by atoms with Crippen molar-refractivity contribution in [2.75, 3.05) is 5.73 Å². The van der Waals surface area contributed by atoms with Gasteiger partial charge in [-0.2, -0.15) is 5.10 Å². The zero-order valence-corrected chi connectivity index (χ0v) is 7.08. The van der Waals surface area contributed by atoms with Gasteiger partial charge in [0.2, 0.25) is 0 Å². The number of nitrogens with two attached hydrogens (primary N) is 1. The molecule has 2 aromatic heterocycles. The predicted molar refractivity (Wildman–Crippen MR) is 44.9 cm³/mol. The lowest BCUT2D eigenvalue weighted by atomic mass is 10.4. The molecule has 0 fully saturated rings. The summed E-state index contributed by atoms with van der Waals surface area (Å²) in [5, 5.41) is 11.8. The summed E-state index contributed by atoms with van der Waals surface area (Å²) >= 11 is 5.76. The minimum absolute atomic E-state index is 0.274. The van der Waals surface area contributed by atoms with E-state index >= 15 is 0 Å². The fourth-order valence-corrected chi connectivity index (χ4v) is 1.25. The van der Waals surface area contributed by atoms with Crippen molar-refractivity contribution in [3.8, 4) is 0 Å². The molecule has 0 spiro atoms. The van der Waals surface area contributed by atoms with E-state index < -0.39 is 0 Å². The number of aromatic nitrogens is 4. The van der Waals surface area contributed by atoms with Gasteiger partial charge in [0.1, 0.15) is 11.3 Å². The molecule has 2 aromatic rings. The lowest BCUT2D eigenvalue weighted by molar-refractivity contribution is 0.809. The van der Waals surface area contributed by atoms with Gasteiger partial charge in [0.05, 0.1) is 11.9 Å². The molecular formula is C6H6ClN5. The Morgan fingerprint density at radius 1 is 1.50 bits per heavy atom. The summed E-state index contributed by atoms with van der Waals surface area (Å²) in [4.78, 5) is 0. The average Bonchev–Trinajstić information content (AvgIpc) is 2.42. The molecule has 12 heavy (non-hydrogen) atoms. The topological polar surface area (TPSA) is 69.1 Å². The predicted octanol–water partition coefficient (Wildman–Crippen LogP) is 0.668. The van der Waals surface area contributed by atoms with Gasteiger partial charge >= 0.3 is 0 Å². The number of nitrogen functional groups attached to an aromatic ring is 1. The lowest BCUT2D eigenvalue weighted by Crippen LogP contribution is -2.00. The van der Waals surface area contributed by atoms with Crippen LogP contribution in [0.2, 0.25) is 5.15 Å². The molecule has 2 heterocycles. The maximum Gasteiger partial charge on any atom is 0.179 e. The number of rotatable bonds is 0. The highest BCUT2D eigenvalue weighted by atomic mass is 35.5. The van der Waals surface area contributed by atoms with Gasteiger partial charge in [-0.25, -0.2) is 4.52 Å². The molecule has 0 saturated heterocycles. The molecule has 0 bridgehead atoms. The van der Waals surface area contributed by atoms with Gasteiger partial charge in [0.25, 0.3) is 0 Å². The molecule has 2 N–H and O–H groups in total. The van der Waals surface area contributed by atoms with Gasteiger partial charge in [-0.15, -0.1) is 10.2 Å². The van der Waals surface area contributed by atoms with Gasteiger partial charge in [-0.05, 0) is 6.92 Å². The first-order valence-corrected chi connectivity index (χ1v) is 3.70. The van der Waals surface area contributed by atoms with E-state index in [0.717, 1.165) is 0 Å². The molecule has 0 amide bonds. The Morgan fingerprint density at radius 3 is 2.92 bits per heavy atom. The Labute approximate surface area is 73.2 Å². The van der Waals surface area contributed by atoms with Crippen LogP contribution in [0.5, 0.6) is 0 Å². The van der Waals surface area contributed by atoms with E-state index in [1.807, 2.05) is 0 Å². The van der Waals surface area contributed by atoms with Crippen molar-refractivity contribution in [2.45, 2.75) is 6.92 Å². The summed E-state index contributed by atoms with van der Waals surface area (Å²) in [5.74, 6) is 0.658. The van der Waals surface area contributed by atoms with Crippen molar-refractivity contribution in [1.29, 1.82) is 0 Å². The molecule has 0 atom stereocenters. The Bertz CT molecular complexity index is 435. The van der Waals surface area contributed by atoms with Gasteiger partial charge in [0, 0.05) is 0 Å². The zero-order chi connectivity index (χ0) is 8.72. The van der Waals surface area contributed by atoms with E-state index in [1.54, 1.807) is 11.4 Å². The first-order chi connectivity index (χ1) is 5.70. The Hall–Kier alpha value is -1.36. The molecule has 0 unspecified atom stereocenters. The summed E-state index contributed by atoms with van der Waals surface area (Å²) in [6, 6.07) is 0. The van der Waals surface area contributed by atoms with E-state index in [-0.39, 0.29) is 5.15 Å². The second-order valence-corrected chi connectivity index (χ2v) is 2.76. The van der Waals surface area contributed by atoms with Crippen molar-refractivity contribution in [1.82, 2.24) is 19.8 Å². The largest absolute Gasteiger partial charge is 0.396 e. The van der Waals surface area contributed by atoms with Crippen molar-refractivity contribution >= 4 is 22.8 Å². The van der Waals surface area contributed by atoms with Crippen LogP contribution in [0.3, 0.4) is 0 Å². The van der Waals surface area contributed by atoms with Crippen molar-refractivity contribution in [3.05, 3.63) is 17.2 Å². The van der Waals surface area contributed by atoms with Gasteiger partial charge in [-0.3, -0.25) is 0 Å². The SMILES string of the molecule is Cc1nnc(Cl)c2c(N)cnn12. The summed E-state index contributed by atoms with van der Waals surface area (Å²) in [6.45, 7) is 1.78. The second-order valence-electron chi connectivity index (χ2n) is 2.40. The third-order valence-corrected chi connectivity index (χ3v) is 1.84. The molecule has 6 heteroatoms. The molecule has 0 aliphatic rings. The van der Waals surface area contributed by atoms with Crippen LogP contribution in [-0.2, 0) is 0 Å². The van der Waals surface area contributed by atoms with E-state index in [2.05, 4.69) is 15.3 Å². The maximum absolute atomic E-state index is 5.76. The fourth-order valence-electron chi connectivity index (χ4n) is 1.02. The van der Waals surface area contributed by atoms with Crippen LogP contribution in [0.1, 0.15) is 5.82 Å². The first-order valence-electron chi connectivity index (χ1n) is 3.32. The summed E-state index contributed by atoms with van der Waals surface area (Å²) in [5.41, 5.74) is 6.74. The number of hydrogen-bond acceptors (Lipinski definition) is 4. The highest BCUT2D eigenvalue weighted by Gasteiger charge is 2.08. The van der Waals surface area contributed by atoms with Crippen LogP contribution in [0, 0.1) is 6.92 Å². The van der Waals surface area contributed by atoms with Crippen molar-refractivity contribution in [2.24, 2.45) is 0 Å². The number of aryl methyl sites for hydroxylation is 1. The normalized spacial score (nSPS) is 10.8. The highest BCUT2D eigenvalue weighted by Crippen LogP contribution is 2.19. The van der Waals surface area contributed by atoms with Crippen LogP contribution in [-0.4, -0.2) is 19.8 Å². The Balaban J connectivity index is 2.98. The molecule has 0 saturated carbocycles. The van der Waals surface area contributed by atoms with Crippen LogP contribution in [0.4, 0.5) is 5.69 Å². The molecular weight excluding hydrogens is 178 g/mol. The zero-order valence-electron chi connectivity index (χ0n) is 6.32. The van der Waals surface area contributed by atoms with Crippen LogP contribution >= 0.6 is 11.6 Å². The molecule has 0 aliphatic heterocycles. The standard InChI is InChI=1S/C6H6ClN5/c1-3-10-11-6(7)5-4(8)2-9-12(3)5/h2H,8H2,1H3. The Kier molecular flexibility index (Phi) is 1.41. The number of fused-ring (bicyclic) bond motifs is 1. The van der Waals surface area contributed by atoms with E-state index in [0.29, 0.717) is 17.0 Å². The number of nitrogens with zero attached hydrogens (tertiary/aromatic N) is 4. The Morgan fingerprint density at radius 2 is 2.25 bits per heavy atom. The number of halogens is 1. The molecule has 0 aliphatic carbocycles. The monoisotopic (exact) mass is 183 g/mol. The van der Waals surface area contributed by atoms with Crippen molar-refractivity contribution in [3.63, 3.8) is 0 Å².